The summed E-state index contributed by atoms with van der Waals surface area (Å²) in [6.45, 7) is 4.67. The van der Waals surface area contributed by atoms with Crippen molar-refractivity contribution < 1.29 is 4.42 Å². The number of furan rings is 1. The molecule has 2 bridgehead atoms. The molecule has 6 aromatic carbocycles. The van der Waals surface area contributed by atoms with E-state index in [4.69, 9.17) is 9.41 Å². The summed E-state index contributed by atoms with van der Waals surface area (Å²) in [6.07, 6.45) is 11.5. The zero-order chi connectivity index (χ0) is 34.1. The smallest absolute Gasteiger partial charge is 0.143 e. The Kier molecular flexibility index (Phi) is 6.63. The van der Waals surface area contributed by atoms with E-state index in [9.17, 15) is 0 Å². The van der Waals surface area contributed by atoms with E-state index in [0.29, 0.717) is 0 Å². The molecule has 0 spiro atoms. The predicted octanol–water partition coefficient (Wildman–Crippen LogP) is 13.0. The second-order valence-corrected chi connectivity index (χ2v) is 14.3. The monoisotopic (exact) mass is 653 g/mol. The first kappa shape index (κ1) is 29.6. The Bertz CT molecular complexity index is 2730. The van der Waals surface area contributed by atoms with Crippen molar-refractivity contribution in [2.75, 3.05) is 0 Å². The minimum absolute atomic E-state index is 0.0680. The lowest BCUT2D eigenvalue weighted by molar-refractivity contribution is 0.660. The van der Waals surface area contributed by atoms with Gasteiger partial charge in [-0.1, -0.05) is 147 Å². The Morgan fingerprint density at radius 2 is 1.27 bits per heavy atom. The van der Waals surface area contributed by atoms with Gasteiger partial charge in [0.25, 0.3) is 0 Å². The highest BCUT2D eigenvalue weighted by Gasteiger charge is 2.35. The highest BCUT2D eigenvalue weighted by atomic mass is 16.3. The molecular weight excluding hydrogens is 619 g/mol. The fraction of sp³-hybridized carbons (Fsp3) is 0.0816. The minimum atomic E-state index is -0.0680. The minimum Gasteiger partial charge on any atom is -0.455 e. The first-order valence-electron chi connectivity index (χ1n) is 17.8. The molecule has 2 heterocycles. The van der Waals surface area contributed by atoms with Gasteiger partial charge in [-0.3, -0.25) is 0 Å². The summed E-state index contributed by atoms with van der Waals surface area (Å²) < 4.78 is 6.78. The zero-order valence-electron chi connectivity index (χ0n) is 28.7. The molecular formula is C49H35NO. The average molecular weight is 654 g/mol. The van der Waals surface area contributed by atoms with Crippen molar-refractivity contribution in [3.8, 4) is 33.4 Å². The van der Waals surface area contributed by atoms with Crippen LogP contribution >= 0.6 is 0 Å². The molecule has 242 valence electrons. The molecule has 3 aliphatic rings. The van der Waals surface area contributed by atoms with Crippen LogP contribution in [-0.4, -0.2) is 5.71 Å². The van der Waals surface area contributed by atoms with E-state index in [0.717, 1.165) is 62.0 Å². The summed E-state index contributed by atoms with van der Waals surface area (Å²) in [5, 5.41) is 2.26. The Balaban J connectivity index is 1.12. The van der Waals surface area contributed by atoms with Gasteiger partial charge in [-0.05, 0) is 86.0 Å². The van der Waals surface area contributed by atoms with E-state index >= 15 is 0 Å². The molecule has 0 amide bonds. The van der Waals surface area contributed by atoms with Crippen LogP contribution in [0.15, 0.2) is 179 Å². The number of aliphatic imine (C=N–C) groups is 1. The zero-order valence-corrected chi connectivity index (χ0v) is 28.7. The van der Waals surface area contributed by atoms with Crippen LogP contribution in [0.5, 0.6) is 0 Å². The number of para-hydroxylation sites is 1. The van der Waals surface area contributed by atoms with Gasteiger partial charge >= 0.3 is 0 Å². The summed E-state index contributed by atoms with van der Waals surface area (Å²) in [4.78, 5) is 5.29. The molecule has 0 fully saturated rings. The van der Waals surface area contributed by atoms with Gasteiger partial charge in [0, 0.05) is 33.7 Å². The number of rotatable bonds is 4. The van der Waals surface area contributed by atoms with Crippen LogP contribution in [0.4, 0.5) is 0 Å². The maximum absolute atomic E-state index is 6.78. The summed E-state index contributed by atoms with van der Waals surface area (Å²) in [7, 11) is 0. The molecule has 0 unspecified atom stereocenters. The van der Waals surface area contributed by atoms with Crippen molar-refractivity contribution in [1.82, 2.24) is 0 Å². The van der Waals surface area contributed by atoms with Crippen LogP contribution < -0.4 is 0 Å². The average Bonchev–Trinajstić information content (AvgIpc) is 3.45. The number of allylic oxidation sites excluding steroid dienone is 7. The Morgan fingerprint density at radius 1 is 0.569 bits per heavy atom. The van der Waals surface area contributed by atoms with Crippen molar-refractivity contribution >= 4 is 38.9 Å². The second kappa shape index (κ2) is 11.4. The lowest BCUT2D eigenvalue weighted by Gasteiger charge is -2.22. The first-order chi connectivity index (χ1) is 25.0. The lowest BCUT2D eigenvalue weighted by atomic mass is 9.81. The molecule has 51 heavy (non-hydrogen) atoms. The van der Waals surface area contributed by atoms with E-state index in [1.807, 2.05) is 0 Å². The summed E-state index contributed by atoms with van der Waals surface area (Å²) in [6, 6.07) is 48.3. The summed E-state index contributed by atoms with van der Waals surface area (Å²) in [5.41, 5.74) is 18.5. The lowest BCUT2D eigenvalue weighted by Crippen LogP contribution is -2.14. The van der Waals surface area contributed by atoms with E-state index in [1.54, 1.807) is 0 Å². The van der Waals surface area contributed by atoms with Gasteiger partial charge in [-0.2, -0.15) is 0 Å². The second-order valence-electron chi connectivity index (χ2n) is 14.3. The fourth-order valence-corrected chi connectivity index (χ4v) is 8.42. The maximum atomic E-state index is 6.78. The van der Waals surface area contributed by atoms with Gasteiger partial charge in [0.2, 0.25) is 0 Å². The molecule has 10 rings (SSSR count). The first-order valence-corrected chi connectivity index (χ1v) is 17.8. The van der Waals surface area contributed by atoms with E-state index in [1.165, 1.54) is 44.5 Å². The van der Waals surface area contributed by atoms with Gasteiger partial charge in [0.15, 0.2) is 0 Å². The van der Waals surface area contributed by atoms with Gasteiger partial charge < -0.3 is 4.42 Å². The fourth-order valence-electron chi connectivity index (χ4n) is 8.42. The van der Waals surface area contributed by atoms with Gasteiger partial charge in [-0.25, -0.2) is 4.99 Å². The van der Waals surface area contributed by atoms with E-state index < -0.39 is 0 Å². The number of hydrogen-bond donors (Lipinski definition) is 0. The largest absolute Gasteiger partial charge is 0.455 e. The van der Waals surface area contributed by atoms with Gasteiger partial charge in [0.1, 0.15) is 11.2 Å². The van der Waals surface area contributed by atoms with Crippen LogP contribution in [-0.2, 0) is 5.41 Å². The number of hydrogen-bond acceptors (Lipinski definition) is 2. The molecule has 1 aromatic heterocycles. The van der Waals surface area contributed by atoms with Crippen LogP contribution in [0.1, 0.15) is 42.5 Å². The summed E-state index contributed by atoms with van der Waals surface area (Å²) in [5.74, 6) is 0. The SMILES string of the molecule is CC1(C)c2ccccc2-c2ccc(-c3cccc4c3oc3cccc(-c5cccc(C6=C(c7ccccc7)CC7=CC(=N6)C=CC=C7)c5)c34)cc21. The molecule has 0 radical (unpaired) electrons. The Hall–Kier alpha value is -6.25. The third-order valence-electron chi connectivity index (χ3n) is 10.9. The van der Waals surface area contributed by atoms with Crippen molar-refractivity contribution in [1.29, 1.82) is 0 Å². The molecule has 2 heteroatoms. The molecule has 1 aliphatic heterocycles. The molecule has 0 saturated heterocycles. The van der Waals surface area contributed by atoms with Gasteiger partial charge in [-0.15, -0.1) is 0 Å². The predicted molar refractivity (Wildman–Crippen MR) is 214 cm³/mol. The third-order valence-corrected chi connectivity index (χ3v) is 10.9. The van der Waals surface area contributed by atoms with Crippen molar-refractivity contribution in [3.63, 3.8) is 0 Å². The summed E-state index contributed by atoms with van der Waals surface area (Å²) >= 11 is 0. The number of fused-ring (bicyclic) bond motifs is 7. The number of benzene rings is 6. The van der Waals surface area contributed by atoms with Crippen molar-refractivity contribution in [2.45, 2.75) is 25.7 Å². The van der Waals surface area contributed by atoms with E-state index in [2.05, 4.69) is 178 Å². The third kappa shape index (κ3) is 4.75. The molecule has 2 aliphatic carbocycles. The highest BCUT2D eigenvalue weighted by molar-refractivity contribution is 6.16. The molecule has 0 N–H and O–H groups in total. The highest BCUT2D eigenvalue weighted by Crippen LogP contribution is 2.50. The molecule has 0 saturated carbocycles. The van der Waals surface area contributed by atoms with Crippen LogP contribution in [0.2, 0.25) is 0 Å². The maximum Gasteiger partial charge on any atom is 0.143 e. The molecule has 7 aromatic rings. The number of nitrogens with zero attached hydrogens (tertiary/aromatic N) is 1. The van der Waals surface area contributed by atoms with Crippen molar-refractivity contribution in [2.24, 2.45) is 4.99 Å². The van der Waals surface area contributed by atoms with Gasteiger partial charge in [0.05, 0.1) is 11.4 Å². The van der Waals surface area contributed by atoms with Crippen LogP contribution in [0, 0.1) is 0 Å². The van der Waals surface area contributed by atoms with Crippen molar-refractivity contribution in [3.05, 3.63) is 192 Å². The van der Waals surface area contributed by atoms with Crippen LogP contribution in [0.25, 0.3) is 66.6 Å². The quantitative estimate of drug-likeness (QED) is 0.186. The normalized spacial score (nSPS) is 15.7. The topological polar surface area (TPSA) is 25.5 Å². The Labute approximate surface area is 298 Å². The van der Waals surface area contributed by atoms with Crippen LogP contribution in [0.3, 0.4) is 0 Å². The standard InChI is InChI=1S/C49H35NO/c1-49(2)43-23-9-8-19-39(43)40-26-25-34(30-44(40)49)38-21-11-22-41-46-37(20-12-24-45(46)51-48(38)41)33-16-10-17-35(29-33)47-42(32-14-4-3-5-15-32)28-31-13-6-7-18-36(27-31)50-47/h3-27,29-30H,28H2,1-2H3. The molecule has 0 atom stereocenters. The van der Waals surface area contributed by atoms with E-state index in [-0.39, 0.29) is 5.41 Å². The molecule has 2 nitrogen and oxygen atoms in total. The Morgan fingerprint density at radius 3 is 2.20 bits per heavy atom.